The summed E-state index contributed by atoms with van der Waals surface area (Å²) in [4.78, 5) is 11.8. The summed E-state index contributed by atoms with van der Waals surface area (Å²) in [7, 11) is 0. The van der Waals surface area contributed by atoms with Crippen LogP contribution in [0.4, 0.5) is 18.9 Å². The lowest BCUT2D eigenvalue weighted by Gasteiger charge is -2.10. The summed E-state index contributed by atoms with van der Waals surface area (Å²) >= 11 is 5.66. The molecule has 0 aliphatic heterocycles. The zero-order chi connectivity index (χ0) is 15.5. The maximum atomic E-state index is 12.0. The van der Waals surface area contributed by atoms with Crippen molar-refractivity contribution < 1.29 is 27.1 Å². The molecule has 0 bridgehead atoms. The van der Waals surface area contributed by atoms with Gasteiger partial charge in [-0.25, -0.2) is 0 Å². The number of furan rings is 1. The van der Waals surface area contributed by atoms with Gasteiger partial charge in [0.25, 0.3) is 5.91 Å². The fourth-order valence-corrected chi connectivity index (χ4v) is 1.65. The first kappa shape index (κ1) is 15.2. The summed E-state index contributed by atoms with van der Waals surface area (Å²) in [5.41, 5.74) is 0.547. The number of amides is 1. The van der Waals surface area contributed by atoms with Gasteiger partial charge in [0, 0.05) is 5.69 Å². The molecular weight excluding hydrogens is 311 g/mol. The maximum absolute atomic E-state index is 12.0. The van der Waals surface area contributed by atoms with Crippen LogP contribution in [0.15, 0.2) is 41.0 Å². The molecule has 0 unspecified atom stereocenters. The number of rotatable bonds is 4. The summed E-state index contributed by atoms with van der Waals surface area (Å²) < 4.78 is 45.3. The van der Waals surface area contributed by atoms with Gasteiger partial charge >= 0.3 is 6.18 Å². The molecule has 1 aromatic carbocycles. The van der Waals surface area contributed by atoms with E-state index in [1.54, 1.807) is 0 Å². The van der Waals surface area contributed by atoms with E-state index in [1.807, 2.05) is 0 Å². The number of carbonyl (C=O) groups is 1. The number of hydrogen-bond acceptors (Lipinski definition) is 3. The van der Waals surface area contributed by atoms with E-state index in [4.69, 9.17) is 16.0 Å². The zero-order valence-electron chi connectivity index (χ0n) is 10.4. The number of carbonyl (C=O) groups excluding carboxylic acids is 1. The minimum atomic E-state index is -4.40. The van der Waals surface area contributed by atoms with Gasteiger partial charge in [0.15, 0.2) is 6.61 Å². The van der Waals surface area contributed by atoms with Crippen molar-refractivity contribution >= 4 is 23.2 Å². The van der Waals surface area contributed by atoms with Crippen LogP contribution in [0.25, 0.3) is 0 Å². The standard InChI is InChI=1S/C13H9ClF3NO3/c14-11-10(5-6-20-11)12(19)18-8-1-3-9(4-2-8)21-7-13(15,16)17/h1-6H,7H2,(H,18,19). The summed E-state index contributed by atoms with van der Waals surface area (Å²) in [6.07, 6.45) is -3.13. The van der Waals surface area contributed by atoms with Gasteiger partial charge in [0.1, 0.15) is 5.75 Å². The molecule has 0 atom stereocenters. The number of benzene rings is 1. The first-order chi connectivity index (χ1) is 9.85. The van der Waals surface area contributed by atoms with Crippen LogP contribution in [0.2, 0.25) is 5.22 Å². The molecule has 0 spiro atoms. The number of anilines is 1. The monoisotopic (exact) mass is 319 g/mol. The predicted octanol–water partition coefficient (Wildman–Crippen LogP) is 4.13. The Labute approximate surface area is 122 Å². The first-order valence-corrected chi connectivity index (χ1v) is 6.07. The highest BCUT2D eigenvalue weighted by Crippen LogP contribution is 2.22. The molecule has 1 N–H and O–H groups in total. The van der Waals surface area contributed by atoms with Gasteiger partial charge < -0.3 is 14.5 Å². The van der Waals surface area contributed by atoms with Gasteiger partial charge in [-0.2, -0.15) is 13.2 Å². The van der Waals surface area contributed by atoms with Crippen LogP contribution >= 0.6 is 11.6 Å². The summed E-state index contributed by atoms with van der Waals surface area (Å²) in [6, 6.07) is 6.87. The van der Waals surface area contributed by atoms with Crippen LogP contribution in [0.5, 0.6) is 5.75 Å². The Morgan fingerprint density at radius 2 is 1.90 bits per heavy atom. The Bertz CT molecular complexity index is 622. The number of ether oxygens (including phenoxy) is 1. The number of hydrogen-bond donors (Lipinski definition) is 1. The number of halogens is 4. The van der Waals surface area contributed by atoms with Crippen molar-refractivity contribution in [2.24, 2.45) is 0 Å². The van der Waals surface area contributed by atoms with Gasteiger partial charge in [-0.15, -0.1) is 0 Å². The molecule has 1 aromatic heterocycles. The zero-order valence-corrected chi connectivity index (χ0v) is 11.2. The highest BCUT2D eigenvalue weighted by Gasteiger charge is 2.28. The molecule has 0 fully saturated rings. The summed E-state index contributed by atoms with van der Waals surface area (Å²) in [5.74, 6) is -0.440. The molecule has 0 aliphatic rings. The third-order valence-electron chi connectivity index (χ3n) is 2.38. The molecule has 4 nitrogen and oxygen atoms in total. The smallest absolute Gasteiger partial charge is 0.422 e. The van der Waals surface area contributed by atoms with E-state index in [0.717, 1.165) is 0 Å². The molecule has 1 amide bonds. The average Bonchev–Trinajstić information content (AvgIpc) is 2.83. The van der Waals surface area contributed by atoms with Crippen LogP contribution in [0.3, 0.4) is 0 Å². The van der Waals surface area contributed by atoms with Gasteiger partial charge in [0.05, 0.1) is 11.8 Å². The van der Waals surface area contributed by atoms with Gasteiger partial charge in [-0.05, 0) is 41.9 Å². The van der Waals surface area contributed by atoms with Crippen LogP contribution in [-0.4, -0.2) is 18.7 Å². The Balaban J connectivity index is 1.96. The quantitative estimate of drug-likeness (QED) is 0.922. The van der Waals surface area contributed by atoms with Gasteiger partial charge in [-0.1, -0.05) is 0 Å². The van der Waals surface area contributed by atoms with Crippen molar-refractivity contribution in [1.29, 1.82) is 0 Å². The minimum Gasteiger partial charge on any atom is -0.484 e. The van der Waals surface area contributed by atoms with E-state index in [2.05, 4.69) is 10.1 Å². The molecule has 0 saturated heterocycles. The minimum absolute atomic E-state index is 0.0439. The normalized spacial score (nSPS) is 11.2. The SMILES string of the molecule is O=C(Nc1ccc(OCC(F)(F)F)cc1)c1ccoc1Cl. The molecule has 1 heterocycles. The maximum Gasteiger partial charge on any atom is 0.422 e. The van der Waals surface area contributed by atoms with Crippen LogP contribution in [0.1, 0.15) is 10.4 Å². The Morgan fingerprint density at radius 3 is 2.43 bits per heavy atom. The van der Waals surface area contributed by atoms with Crippen molar-refractivity contribution in [3.8, 4) is 5.75 Å². The van der Waals surface area contributed by atoms with Gasteiger partial charge in [-0.3, -0.25) is 4.79 Å². The van der Waals surface area contributed by atoms with Crippen LogP contribution in [0, 0.1) is 0 Å². The van der Waals surface area contributed by atoms with Crippen LogP contribution < -0.4 is 10.1 Å². The second-order valence-electron chi connectivity index (χ2n) is 3.99. The lowest BCUT2D eigenvalue weighted by molar-refractivity contribution is -0.153. The fraction of sp³-hybridized carbons (Fsp3) is 0.154. The van der Waals surface area contributed by atoms with E-state index >= 15 is 0 Å². The molecule has 2 aromatic rings. The Kier molecular flexibility index (Phi) is 4.42. The Morgan fingerprint density at radius 1 is 1.24 bits per heavy atom. The third-order valence-corrected chi connectivity index (χ3v) is 2.67. The molecule has 0 aliphatic carbocycles. The van der Waals surface area contributed by atoms with Crippen molar-refractivity contribution in [1.82, 2.24) is 0 Å². The topological polar surface area (TPSA) is 51.5 Å². The van der Waals surface area contributed by atoms with E-state index < -0.39 is 18.7 Å². The first-order valence-electron chi connectivity index (χ1n) is 5.69. The van der Waals surface area contributed by atoms with E-state index in [-0.39, 0.29) is 16.5 Å². The van der Waals surface area contributed by atoms with E-state index in [1.165, 1.54) is 36.6 Å². The molecule has 21 heavy (non-hydrogen) atoms. The molecule has 0 radical (unpaired) electrons. The van der Waals surface area contributed by atoms with Crippen molar-refractivity contribution in [2.45, 2.75) is 6.18 Å². The summed E-state index contributed by atoms with van der Waals surface area (Å²) in [6.45, 7) is -1.37. The lowest BCUT2D eigenvalue weighted by Crippen LogP contribution is -2.19. The fourth-order valence-electron chi connectivity index (χ4n) is 1.45. The van der Waals surface area contributed by atoms with E-state index in [9.17, 15) is 18.0 Å². The summed E-state index contributed by atoms with van der Waals surface area (Å²) in [5, 5.41) is 2.48. The number of nitrogens with one attached hydrogen (secondary N) is 1. The Hall–Kier alpha value is -2.15. The highest BCUT2D eigenvalue weighted by atomic mass is 35.5. The predicted molar refractivity (Wildman–Crippen MR) is 69.7 cm³/mol. The molecular formula is C13H9ClF3NO3. The lowest BCUT2D eigenvalue weighted by atomic mass is 10.2. The third kappa shape index (κ3) is 4.42. The van der Waals surface area contributed by atoms with Crippen molar-refractivity contribution in [3.63, 3.8) is 0 Å². The average molecular weight is 320 g/mol. The largest absolute Gasteiger partial charge is 0.484 e. The molecule has 2 rings (SSSR count). The highest BCUT2D eigenvalue weighted by molar-refractivity contribution is 6.32. The van der Waals surface area contributed by atoms with Gasteiger partial charge in [0.2, 0.25) is 5.22 Å². The second-order valence-corrected chi connectivity index (χ2v) is 4.33. The van der Waals surface area contributed by atoms with Crippen LogP contribution in [-0.2, 0) is 0 Å². The molecule has 8 heteroatoms. The van der Waals surface area contributed by atoms with E-state index in [0.29, 0.717) is 5.69 Å². The van der Waals surface area contributed by atoms with Crippen molar-refractivity contribution in [2.75, 3.05) is 11.9 Å². The molecule has 0 saturated carbocycles. The van der Waals surface area contributed by atoms with Crippen molar-refractivity contribution in [3.05, 3.63) is 47.4 Å². The molecule has 112 valence electrons. The second kappa shape index (κ2) is 6.09. The number of alkyl halides is 3.